The Morgan fingerprint density at radius 2 is 2.09 bits per heavy atom. The molecule has 120 valence electrons. The lowest BCUT2D eigenvalue weighted by Crippen LogP contribution is -2.08. The predicted octanol–water partition coefficient (Wildman–Crippen LogP) is 2.45. The van der Waals surface area contributed by atoms with E-state index >= 15 is 0 Å². The van der Waals surface area contributed by atoms with Gasteiger partial charge in [0.15, 0.2) is 11.6 Å². The van der Waals surface area contributed by atoms with Gasteiger partial charge >= 0.3 is 6.01 Å². The molecule has 1 aromatic carbocycles. The van der Waals surface area contributed by atoms with Crippen LogP contribution < -0.4 is 9.47 Å². The fourth-order valence-electron chi connectivity index (χ4n) is 1.66. The van der Waals surface area contributed by atoms with E-state index < -0.39 is 15.7 Å². The molecule has 2 aromatic rings. The molecular formula is C13H15FN2O4S2. The van der Waals surface area contributed by atoms with Crippen LogP contribution >= 0.6 is 11.5 Å². The molecule has 0 atom stereocenters. The number of hydrogen-bond donors (Lipinski definition) is 0. The maximum atomic E-state index is 13.6. The largest absolute Gasteiger partial charge is 0.494 e. The minimum absolute atomic E-state index is 0.0273. The topological polar surface area (TPSA) is 78.4 Å². The van der Waals surface area contributed by atoms with Gasteiger partial charge in [-0.2, -0.15) is 4.98 Å². The first-order valence-electron chi connectivity index (χ1n) is 6.37. The number of nitrogens with zero attached hydrogens (tertiary/aromatic N) is 2. The Kier molecular flexibility index (Phi) is 4.97. The summed E-state index contributed by atoms with van der Waals surface area (Å²) in [4.78, 5) is 3.85. The van der Waals surface area contributed by atoms with Crippen LogP contribution in [0.2, 0.25) is 0 Å². The summed E-state index contributed by atoms with van der Waals surface area (Å²) in [5, 5.41) is 0. The van der Waals surface area contributed by atoms with Crippen LogP contribution in [-0.4, -0.2) is 31.0 Å². The molecule has 1 aromatic heterocycles. The van der Waals surface area contributed by atoms with Crippen LogP contribution in [0.1, 0.15) is 19.4 Å². The average Bonchev–Trinajstić information content (AvgIpc) is 2.87. The van der Waals surface area contributed by atoms with Crippen LogP contribution in [0.4, 0.5) is 4.39 Å². The third-order valence-electron chi connectivity index (χ3n) is 2.57. The minimum atomic E-state index is -3.71. The quantitative estimate of drug-likeness (QED) is 0.799. The van der Waals surface area contributed by atoms with Crippen molar-refractivity contribution in [3.05, 3.63) is 29.6 Å². The van der Waals surface area contributed by atoms with Crippen LogP contribution in [0.25, 0.3) is 0 Å². The third kappa shape index (κ3) is 3.92. The summed E-state index contributed by atoms with van der Waals surface area (Å²) in [5.41, 5.74) is 0.305. The van der Waals surface area contributed by atoms with Crippen molar-refractivity contribution in [2.75, 3.05) is 7.11 Å². The van der Waals surface area contributed by atoms with Gasteiger partial charge in [-0.3, -0.25) is 0 Å². The first-order chi connectivity index (χ1) is 10.3. The van der Waals surface area contributed by atoms with Crippen LogP contribution in [-0.2, 0) is 15.6 Å². The van der Waals surface area contributed by atoms with E-state index in [0.717, 1.165) is 17.6 Å². The summed E-state index contributed by atoms with van der Waals surface area (Å²) >= 11 is 0.737. The highest BCUT2D eigenvalue weighted by Crippen LogP contribution is 2.24. The highest BCUT2D eigenvalue weighted by atomic mass is 32.2. The fourth-order valence-corrected chi connectivity index (χ4v) is 3.72. The molecule has 0 aliphatic carbocycles. The summed E-state index contributed by atoms with van der Waals surface area (Å²) in [5.74, 6) is -0.925. The second kappa shape index (κ2) is 6.57. The van der Waals surface area contributed by atoms with Crippen molar-refractivity contribution >= 4 is 21.4 Å². The van der Waals surface area contributed by atoms with Crippen LogP contribution in [0, 0.1) is 5.82 Å². The Morgan fingerprint density at radius 3 is 2.68 bits per heavy atom. The van der Waals surface area contributed by atoms with E-state index in [1.807, 2.05) is 0 Å². The molecule has 0 N–H and O–H groups in total. The smallest absolute Gasteiger partial charge is 0.329 e. The standard InChI is InChI=1S/C13H15FN2O4S2/c1-8(2)20-12-15-13(21-16-12)22(17,18)7-9-4-5-11(19-3)10(14)6-9/h4-6,8H,7H2,1-3H3. The molecule has 0 aliphatic heterocycles. The lowest BCUT2D eigenvalue weighted by atomic mass is 10.2. The van der Waals surface area contributed by atoms with Crippen molar-refractivity contribution in [2.24, 2.45) is 0 Å². The second-order valence-electron chi connectivity index (χ2n) is 4.74. The zero-order valence-corrected chi connectivity index (χ0v) is 13.9. The zero-order valence-electron chi connectivity index (χ0n) is 12.2. The molecule has 0 radical (unpaired) electrons. The van der Waals surface area contributed by atoms with Gasteiger partial charge in [-0.05, 0) is 31.5 Å². The number of sulfone groups is 1. The van der Waals surface area contributed by atoms with Crippen molar-refractivity contribution in [1.29, 1.82) is 0 Å². The molecule has 0 saturated carbocycles. The van der Waals surface area contributed by atoms with Crippen molar-refractivity contribution in [2.45, 2.75) is 30.0 Å². The second-order valence-corrected chi connectivity index (χ2v) is 7.65. The maximum absolute atomic E-state index is 13.6. The number of benzene rings is 1. The molecule has 6 nitrogen and oxygen atoms in total. The molecule has 0 unspecified atom stereocenters. The van der Waals surface area contributed by atoms with E-state index in [9.17, 15) is 12.8 Å². The lowest BCUT2D eigenvalue weighted by molar-refractivity contribution is 0.224. The number of methoxy groups -OCH3 is 1. The molecule has 1 heterocycles. The van der Waals surface area contributed by atoms with Crippen molar-refractivity contribution < 1.29 is 22.3 Å². The first-order valence-corrected chi connectivity index (χ1v) is 8.80. The van der Waals surface area contributed by atoms with Crippen molar-refractivity contribution in [1.82, 2.24) is 9.36 Å². The number of hydrogen-bond acceptors (Lipinski definition) is 7. The van der Waals surface area contributed by atoms with Gasteiger partial charge in [0.2, 0.25) is 14.2 Å². The molecule has 0 amide bonds. The normalized spacial score (nSPS) is 11.7. The summed E-state index contributed by atoms with van der Waals surface area (Å²) in [6, 6.07) is 4.03. The molecule has 0 bridgehead atoms. The van der Waals surface area contributed by atoms with E-state index in [4.69, 9.17) is 9.47 Å². The highest BCUT2D eigenvalue weighted by molar-refractivity contribution is 7.92. The zero-order chi connectivity index (χ0) is 16.3. The van der Waals surface area contributed by atoms with E-state index in [1.165, 1.54) is 19.2 Å². The summed E-state index contributed by atoms with van der Waals surface area (Å²) in [6.07, 6.45) is -0.152. The maximum Gasteiger partial charge on any atom is 0.329 e. The lowest BCUT2D eigenvalue weighted by Gasteiger charge is -2.05. The molecule has 2 rings (SSSR count). The highest BCUT2D eigenvalue weighted by Gasteiger charge is 2.22. The Morgan fingerprint density at radius 1 is 1.36 bits per heavy atom. The number of rotatable bonds is 6. The Balaban J connectivity index is 2.20. The van der Waals surface area contributed by atoms with Gasteiger partial charge in [-0.1, -0.05) is 6.07 Å². The van der Waals surface area contributed by atoms with E-state index in [-0.39, 0.29) is 28.0 Å². The molecule has 0 fully saturated rings. The van der Waals surface area contributed by atoms with Gasteiger partial charge in [-0.15, -0.1) is 4.37 Å². The van der Waals surface area contributed by atoms with Crippen LogP contribution in [0.5, 0.6) is 11.8 Å². The van der Waals surface area contributed by atoms with Crippen LogP contribution in [0.15, 0.2) is 22.5 Å². The number of aromatic nitrogens is 2. The van der Waals surface area contributed by atoms with Gasteiger partial charge in [-0.25, -0.2) is 12.8 Å². The number of halogens is 1. The Labute approximate surface area is 132 Å². The Hall–Kier alpha value is -1.74. The minimum Gasteiger partial charge on any atom is -0.494 e. The van der Waals surface area contributed by atoms with Crippen molar-refractivity contribution in [3.63, 3.8) is 0 Å². The molecule has 9 heteroatoms. The van der Waals surface area contributed by atoms with E-state index in [0.29, 0.717) is 5.56 Å². The molecule has 22 heavy (non-hydrogen) atoms. The van der Waals surface area contributed by atoms with Gasteiger partial charge < -0.3 is 9.47 Å². The van der Waals surface area contributed by atoms with Gasteiger partial charge in [0.05, 0.1) is 19.0 Å². The van der Waals surface area contributed by atoms with E-state index in [1.54, 1.807) is 13.8 Å². The molecule has 0 saturated heterocycles. The molecular weight excluding hydrogens is 331 g/mol. The van der Waals surface area contributed by atoms with Gasteiger partial charge in [0.25, 0.3) is 0 Å². The molecule has 0 spiro atoms. The van der Waals surface area contributed by atoms with Gasteiger partial charge in [0.1, 0.15) is 0 Å². The summed E-state index contributed by atoms with van der Waals surface area (Å²) in [7, 11) is -2.37. The SMILES string of the molecule is COc1ccc(CS(=O)(=O)c2nc(OC(C)C)ns2)cc1F. The predicted molar refractivity (Wildman–Crippen MR) is 79.5 cm³/mol. The third-order valence-corrected chi connectivity index (χ3v) is 5.39. The molecule has 0 aliphatic rings. The fraction of sp³-hybridized carbons (Fsp3) is 0.385. The number of ether oxygens (including phenoxy) is 2. The van der Waals surface area contributed by atoms with Crippen molar-refractivity contribution in [3.8, 4) is 11.8 Å². The van der Waals surface area contributed by atoms with E-state index in [2.05, 4.69) is 9.36 Å². The Bertz CT molecular complexity index is 759. The average molecular weight is 346 g/mol. The van der Waals surface area contributed by atoms with Gasteiger partial charge in [0, 0.05) is 11.5 Å². The monoisotopic (exact) mass is 346 g/mol. The first kappa shape index (κ1) is 16.6. The summed E-state index contributed by atoms with van der Waals surface area (Å²) in [6.45, 7) is 3.57. The summed E-state index contributed by atoms with van der Waals surface area (Å²) < 4.78 is 51.9. The van der Waals surface area contributed by atoms with Crippen LogP contribution in [0.3, 0.4) is 0 Å².